The van der Waals surface area contributed by atoms with Gasteiger partial charge in [0.1, 0.15) is 5.01 Å². The van der Waals surface area contributed by atoms with E-state index in [2.05, 4.69) is 138 Å². The maximum Gasteiger partial charge on any atom is 0.124 e. The Labute approximate surface area is 245 Å². The summed E-state index contributed by atoms with van der Waals surface area (Å²) in [6.07, 6.45) is 0. The lowest BCUT2D eigenvalue weighted by Gasteiger charge is -2.26. The van der Waals surface area contributed by atoms with E-state index in [-0.39, 0.29) is 0 Å². The molecule has 2 heterocycles. The van der Waals surface area contributed by atoms with Crippen molar-refractivity contribution in [1.82, 2.24) is 4.98 Å². The van der Waals surface area contributed by atoms with Gasteiger partial charge >= 0.3 is 0 Å². The highest BCUT2D eigenvalue weighted by Crippen LogP contribution is 2.51. The third-order valence-corrected chi connectivity index (χ3v) is 10.3. The zero-order valence-electron chi connectivity index (χ0n) is 21.9. The zero-order chi connectivity index (χ0) is 26.9. The van der Waals surface area contributed by atoms with Gasteiger partial charge in [0.05, 0.1) is 16.3 Å². The van der Waals surface area contributed by atoms with Crippen molar-refractivity contribution in [3.63, 3.8) is 0 Å². The number of hydrogen-bond donors (Lipinski definition) is 0. The summed E-state index contributed by atoms with van der Waals surface area (Å²) in [5, 5.41) is 6.27. The van der Waals surface area contributed by atoms with Crippen LogP contribution < -0.4 is 4.90 Å². The number of nitrogens with zero attached hydrogens (tertiary/aromatic N) is 2. The quantitative estimate of drug-likeness (QED) is 0.214. The first-order valence-corrected chi connectivity index (χ1v) is 15.4. The predicted molar refractivity (Wildman–Crippen MR) is 177 cm³/mol. The molecule has 1 aliphatic carbocycles. The average Bonchev–Trinajstić information content (AvgIpc) is 3.71. The zero-order valence-corrected chi connectivity index (χ0v) is 23.5. The van der Waals surface area contributed by atoms with Gasteiger partial charge in [-0.05, 0) is 65.4 Å². The van der Waals surface area contributed by atoms with Gasteiger partial charge in [-0.25, -0.2) is 4.98 Å². The number of thiophene rings is 1. The first-order chi connectivity index (χ1) is 20.3. The fourth-order valence-corrected chi connectivity index (χ4v) is 8.48. The number of thiazole rings is 1. The van der Waals surface area contributed by atoms with Crippen LogP contribution in [-0.2, 0) is 0 Å². The van der Waals surface area contributed by atoms with Crippen LogP contribution in [-0.4, -0.2) is 4.98 Å². The molecule has 0 unspecified atom stereocenters. The van der Waals surface area contributed by atoms with E-state index in [0.29, 0.717) is 0 Å². The van der Waals surface area contributed by atoms with Crippen LogP contribution in [0.15, 0.2) is 133 Å². The van der Waals surface area contributed by atoms with E-state index < -0.39 is 0 Å². The lowest BCUT2D eigenvalue weighted by atomic mass is 10.0. The largest absolute Gasteiger partial charge is 0.310 e. The van der Waals surface area contributed by atoms with Crippen molar-refractivity contribution in [2.75, 3.05) is 4.90 Å². The number of para-hydroxylation sites is 1. The second-order valence-corrected chi connectivity index (χ2v) is 12.5. The second kappa shape index (κ2) is 8.87. The molecule has 0 fully saturated rings. The van der Waals surface area contributed by atoms with Crippen LogP contribution in [0.3, 0.4) is 0 Å². The van der Waals surface area contributed by atoms with Gasteiger partial charge in [-0.2, -0.15) is 0 Å². The molecule has 0 aliphatic heterocycles. The van der Waals surface area contributed by atoms with Crippen molar-refractivity contribution in [1.29, 1.82) is 0 Å². The van der Waals surface area contributed by atoms with Crippen molar-refractivity contribution in [2.45, 2.75) is 0 Å². The molecule has 0 saturated carbocycles. The van der Waals surface area contributed by atoms with Gasteiger partial charge in [0.25, 0.3) is 0 Å². The monoisotopic (exact) mass is 558 g/mol. The first kappa shape index (κ1) is 23.0. The van der Waals surface area contributed by atoms with E-state index >= 15 is 0 Å². The van der Waals surface area contributed by atoms with Gasteiger partial charge in [0.15, 0.2) is 0 Å². The number of aromatic nitrogens is 1. The van der Waals surface area contributed by atoms with Gasteiger partial charge < -0.3 is 4.90 Å². The molecule has 2 aromatic heterocycles. The average molecular weight is 559 g/mol. The Morgan fingerprint density at radius 3 is 2.07 bits per heavy atom. The van der Waals surface area contributed by atoms with E-state index in [9.17, 15) is 0 Å². The standard InChI is InChI=1S/C37H22N2S2/c1-2-11-25(12-3-1)39(30-16-8-18-32-34(30)27-13-4-5-17-31(27)40-32)26-21-19-24(20-22-26)37-38-35-28-14-6-9-23-10-7-15-29(33(23)28)36(35)41-37/h1-22H. The Balaban J connectivity index is 1.17. The first-order valence-electron chi connectivity index (χ1n) is 13.7. The lowest BCUT2D eigenvalue weighted by molar-refractivity contribution is 1.30. The van der Waals surface area contributed by atoms with Crippen molar-refractivity contribution >= 4 is 70.7 Å². The normalized spacial score (nSPS) is 11.9. The minimum absolute atomic E-state index is 1.06. The molecule has 1 aliphatic rings. The molecular weight excluding hydrogens is 537 g/mol. The molecule has 9 rings (SSSR count). The molecule has 192 valence electrons. The Kier molecular flexibility index (Phi) is 4.97. The highest BCUT2D eigenvalue weighted by Gasteiger charge is 2.26. The third kappa shape index (κ3) is 3.45. The molecule has 0 amide bonds. The highest BCUT2D eigenvalue weighted by molar-refractivity contribution is 7.26. The van der Waals surface area contributed by atoms with Crippen molar-refractivity contribution in [3.8, 4) is 32.3 Å². The fourth-order valence-electron chi connectivity index (χ4n) is 6.24. The van der Waals surface area contributed by atoms with E-state index in [0.717, 1.165) is 27.6 Å². The molecule has 0 radical (unpaired) electrons. The predicted octanol–water partition coefficient (Wildman–Crippen LogP) is 11.4. The maximum atomic E-state index is 5.17. The maximum absolute atomic E-state index is 5.17. The smallest absolute Gasteiger partial charge is 0.124 e. The molecule has 0 N–H and O–H groups in total. The van der Waals surface area contributed by atoms with Crippen LogP contribution in [0.1, 0.15) is 0 Å². The van der Waals surface area contributed by atoms with E-state index in [4.69, 9.17) is 4.98 Å². The van der Waals surface area contributed by atoms with Crippen LogP contribution in [0.5, 0.6) is 0 Å². The minimum Gasteiger partial charge on any atom is -0.310 e. The fraction of sp³-hybridized carbons (Fsp3) is 0. The summed E-state index contributed by atoms with van der Waals surface area (Å²) in [6, 6.07) is 48.0. The number of hydrogen-bond acceptors (Lipinski definition) is 4. The summed E-state index contributed by atoms with van der Waals surface area (Å²) in [5.74, 6) is 0. The summed E-state index contributed by atoms with van der Waals surface area (Å²) < 4.78 is 2.61. The Bertz CT molecular complexity index is 2200. The minimum atomic E-state index is 1.06. The van der Waals surface area contributed by atoms with Crippen LogP contribution >= 0.6 is 22.7 Å². The van der Waals surface area contributed by atoms with Gasteiger partial charge in [0, 0.05) is 48.2 Å². The van der Waals surface area contributed by atoms with E-state index in [1.54, 1.807) is 11.3 Å². The van der Waals surface area contributed by atoms with Crippen LogP contribution in [0, 0.1) is 0 Å². The summed E-state index contributed by atoms with van der Waals surface area (Å²) in [5.41, 5.74) is 8.27. The summed E-state index contributed by atoms with van der Waals surface area (Å²) in [4.78, 5) is 8.82. The van der Waals surface area contributed by atoms with Gasteiger partial charge in [0.2, 0.25) is 0 Å². The molecule has 0 spiro atoms. The van der Waals surface area contributed by atoms with E-state index in [1.807, 2.05) is 11.3 Å². The van der Waals surface area contributed by atoms with Crippen molar-refractivity contribution < 1.29 is 0 Å². The molecule has 6 aromatic carbocycles. The van der Waals surface area contributed by atoms with Crippen LogP contribution in [0.2, 0.25) is 0 Å². The van der Waals surface area contributed by atoms with Gasteiger partial charge in [-0.3, -0.25) is 0 Å². The number of fused-ring (bicyclic) bond motifs is 6. The molecule has 0 bridgehead atoms. The molecule has 41 heavy (non-hydrogen) atoms. The number of rotatable bonds is 4. The van der Waals surface area contributed by atoms with E-state index in [1.165, 1.54) is 52.6 Å². The Hall–Kier alpha value is -4.77. The third-order valence-electron chi connectivity index (χ3n) is 8.04. The topological polar surface area (TPSA) is 16.1 Å². The highest BCUT2D eigenvalue weighted by atomic mass is 32.1. The van der Waals surface area contributed by atoms with Crippen molar-refractivity contribution in [2.24, 2.45) is 0 Å². The SMILES string of the molecule is c1ccc(N(c2ccc(-c3nc4c(s3)-c3cccc5cccc-4c35)cc2)c2cccc3sc4ccccc4c23)cc1. The number of anilines is 3. The molecular formula is C37H22N2S2. The molecule has 8 aromatic rings. The molecule has 2 nitrogen and oxygen atoms in total. The molecule has 0 atom stereocenters. The summed E-state index contributed by atoms with van der Waals surface area (Å²) in [6.45, 7) is 0. The van der Waals surface area contributed by atoms with Gasteiger partial charge in [-0.1, -0.05) is 78.9 Å². The number of benzene rings is 6. The van der Waals surface area contributed by atoms with Crippen LogP contribution in [0.4, 0.5) is 17.1 Å². The van der Waals surface area contributed by atoms with Gasteiger partial charge in [-0.15, -0.1) is 22.7 Å². The Morgan fingerprint density at radius 1 is 0.512 bits per heavy atom. The lowest BCUT2D eigenvalue weighted by Crippen LogP contribution is -2.10. The van der Waals surface area contributed by atoms with Crippen molar-refractivity contribution in [3.05, 3.63) is 133 Å². The van der Waals surface area contributed by atoms with Crippen LogP contribution in [0.25, 0.3) is 63.2 Å². The second-order valence-electron chi connectivity index (χ2n) is 10.4. The Morgan fingerprint density at radius 2 is 1.22 bits per heavy atom. The summed E-state index contributed by atoms with van der Waals surface area (Å²) in [7, 11) is 0. The molecule has 0 saturated heterocycles. The summed E-state index contributed by atoms with van der Waals surface area (Å²) >= 11 is 3.65. The molecule has 4 heteroatoms.